The van der Waals surface area contributed by atoms with Gasteiger partial charge in [0.15, 0.2) is 11.6 Å². The summed E-state index contributed by atoms with van der Waals surface area (Å²) >= 11 is 0. The van der Waals surface area contributed by atoms with Crippen LogP contribution in [0.3, 0.4) is 0 Å². The van der Waals surface area contributed by atoms with Crippen molar-refractivity contribution < 1.29 is 4.79 Å². The first-order valence-electron chi connectivity index (χ1n) is 14.0. The van der Waals surface area contributed by atoms with E-state index < -0.39 is 0 Å². The summed E-state index contributed by atoms with van der Waals surface area (Å²) in [4.78, 5) is 36.1. The Hall–Kier alpha value is -4.58. The predicted octanol–water partition coefficient (Wildman–Crippen LogP) is 4.13. The zero-order valence-electron chi connectivity index (χ0n) is 23.4. The Kier molecular flexibility index (Phi) is 7.23. The Morgan fingerprint density at radius 2 is 1.85 bits per heavy atom. The summed E-state index contributed by atoms with van der Waals surface area (Å²) in [5.74, 6) is 1.61. The highest BCUT2D eigenvalue weighted by molar-refractivity contribution is 6.05. The molecule has 2 fully saturated rings. The van der Waals surface area contributed by atoms with Gasteiger partial charge in [-0.3, -0.25) is 14.8 Å². The number of anilines is 5. The molecule has 41 heavy (non-hydrogen) atoms. The third-order valence-corrected chi connectivity index (χ3v) is 7.95. The van der Waals surface area contributed by atoms with Crippen LogP contribution in [-0.4, -0.2) is 73.2 Å². The number of carbonyl (C=O) groups is 1. The first-order valence-corrected chi connectivity index (χ1v) is 14.0. The van der Waals surface area contributed by atoms with Gasteiger partial charge < -0.3 is 21.3 Å². The van der Waals surface area contributed by atoms with E-state index in [2.05, 4.69) is 52.2 Å². The number of aromatic amines is 1. The number of nitrogens with zero attached hydrogens (tertiary/aromatic N) is 7. The average Bonchev–Trinajstić information content (AvgIpc) is 3.68. The van der Waals surface area contributed by atoms with E-state index in [9.17, 15) is 4.79 Å². The molecule has 1 saturated heterocycles. The van der Waals surface area contributed by atoms with E-state index in [-0.39, 0.29) is 5.91 Å². The molecule has 5 N–H and O–H groups in total. The van der Waals surface area contributed by atoms with Crippen LogP contribution in [0.1, 0.15) is 54.2 Å². The first kappa shape index (κ1) is 26.6. The fourth-order valence-corrected chi connectivity index (χ4v) is 5.57. The highest BCUT2D eigenvalue weighted by Gasteiger charge is 2.27. The second-order valence-corrected chi connectivity index (χ2v) is 10.8. The number of benzene rings is 1. The molecule has 4 heterocycles. The van der Waals surface area contributed by atoms with Crippen molar-refractivity contribution in [1.29, 1.82) is 0 Å². The molecule has 1 amide bonds. The van der Waals surface area contributed by atoms with Crippen LogP contribution in [0.5, 0.6) is 0 Å². The van der Waals surface area contributed by atoms with Gasteiger partial charge in [-0.05, 0) is 50.0 Å². The van der Waals surface area contributed by atoms with Gasteiger partial charge in [0.25, 0.3) is 5.91 Å². The van der Waals surface area contributed by atoms with Gasteiger partial charge in [0.05, 0.1) is 5.69 Å². The average molecular weight is 554 g/mol. The molecular formula is C29H35N11O. The summed E-state index contributed by atoms with van der Waals surface area (Å²) in [5.41, 5.74) is 11.0. The van der Waals surface area contributed by atoms with Gasteiger partial charge in [0.2, 0.25) is 5.95 Å². The number of rotatable bonds is 7. The van der Waals surface area contributed by atoms with Crippen molar-refractivity contribution in [1.82, 2.24) is 35.0 Å². The van der Waals surface area contributed by atoms with Crippen molar-refractivity contribution in [3.05, 3.63) is 54.0 Å². The lowest BCUT2D eigenvalue weighted by Gasteiger charge is -2.38. The number of nitrogen functional groups attached to an aromatic ring is 1. The highest BCUT2D eigenvalue weighted by atomic mass is 16.1. The van der Waals surface area contributed by atoms with E-state index in [1.54, 1.807) is 18.2 Å². The van der Waals surface area contributed by atoms with Crippen molar-refractivity contribution in [2.75, 3.05) is 47.4 Å². The molecule has 0 unspecified atom stereocenters. The minimum Gasteiger partial charge on any atom is -0.382 e. The van der Waals surface area contributed by atoms with Crippen LogP contribution in [0.25, 0.3) is 16.6 Å². The van der Waals surface area contributed by atoms with E-state index in [0.717, 1.165) is 37.3 Å². The molecule has 0 radical (unpaired) electrons. The van der Waals surface area contributed by atoms with Crippen LogP contribution in [0.4, 0.5) is 29.1 Å². The molecule has 1 aliphatic heterocycles. The van der Waals surface area contributed by atoms with Crippen molar-refractivity contribution >= 4 is 51.6 Å². The molecule has 2 aliphatic rings. The monoisotopic (exact) mass is 553 g/mol. The molecule has 6 rings (SSSR count). The number of aromatic nitrogens is 6. The van der Waals surface area contributed by atoms with Crippen LogP contribution in [-0.2, 0) is 0 Å². The van der Waals surface area contributed by atoms with Gasteiger partial charge in [0, 0.05) is 49.5 Å². The molecule has 12 nitrogen and oxygen atoms in total. The van der Waals surface area contributed by atoms with Crippen LogP contribution < -0.4 is 21.3 Å². The Balaban J connectivity index is 1.23. The van der Waals surface area contributed by atoms with Gasteiger partial charge in [-0.2, -0.15) is 10.1 Å². The van der Waals surface area contributed by atoms with E-state index in [4.69, 9.17) is 10.7 Å². The van der Waals surface area contributed by atoms with Gasteiger partial charge >= 0.3 is 0 Å². The first-order chi connectivity index (χ1) is 19.9. The minimum atomic E-state index is -0.275. The molecule has 4 aromatic rings. The smallest absolute Gasteiger partial charge is 0.256 e. The number of allylic oxidation sites excluding steroid dienone is 1. The molecule has 3 aromatic heterocycles. The Labute approximate surface area is 238 Å². The number of aryl methyl sites for hydroxylation is 1. The molecule has 1 aromatic carbocycles. The standard InChI is InChI=1S/C29H35N11O/c1-17(2)21-15-23(38-37-21)34-28(41)19-9-8-18(3)22(14-19)33-27-25-24(31-16-32-27)26(30)36-29(35-25)40-12-10-39(11-13-40)20-6-4-5-7-20/h8-9,14-16,20H,1,4-7,10-13H2,2-3H3,(H2,30,35,36)(H,31,32,33)(H2,34,37,38,41). The Morgan fingerprint density at radius 1 is 1.07 bits per heavy atom. The minimum absolute atomic E-state index is 0.275. The second-order valence-electron chi connectivity index (χ2n) is 10.8. The summed E-state index contributed by atoms with van der Waals surface area (Å²) in [6.45, 7) is 11.4. The maximum absolute atomic E-state index is 13.0. The number of nitrogens with one attached hydrogen (secondary N) is 3. The molecular weight excluding hydrogens is 518 g/mol. The van der Waals surface area contributed by atoms with Gasteiger partial charge in [0.1, 0.15) is 23.2 Å². The maximum Gasteiger partial charge on any atom is 0.256 e. The highest BCUT2D eigenvalue weighted by Crippen LogP contribution is 2.30. The summed E-state index contributed by atoms with van der Waals surface area (Å²) in [6.07, 6.45) is 6.70. The number of hydrogen-bond donors (Lipinski definition) is 4. The van der Waals surface area contributed by atoms with Crippen molar-refractivity contribution in [3.63, 3.8) is 0 Å². The fraction of sp³-hybridized carbons (Fsp3) is 0.379. The molecule has 0 atom stereocenters. The topological polar surface area (TPSA) is 154 Å². The number of fused-ring (bicyclic) bond motifs is 1. The van der Waals surface area contributed by atoms with Crippen LogP contribution in [0.2, 0.25) is 0 Å². The lowest BCUT2D eigenvalue weighted by Crippen LogP contribution is -2.50. The largest absolute Gasteiger partial charge is 0.382 e. The predicted molar refractivity (Wildman–Crippen MR) is 161 cm³/mol. The van der Waals surface area contributed by atoms with E-state index >= 15 is 0 Å². The molecule has 0 bridgehead atoms. The lowest BCUT2D eigenvalue weighted by molar-refractivity contribution is 0.102. The van der Waals surface area contributed by atoms with Crippen molar-refractivity contribution in [2.45, 2.75) is 45.6 Å². The fourth-order valence-electron chi connectivity index (χ4n) is 5.57. The van der Waals surface area contributed by atoms with Gasteiger partial charge in [-0.1, -0.05) is 25.5 Å². The van der Waals surface area contributed by atoms with E-state index in [0.29, 0.717) is 57.4 Å². The van der Waals surface area contributed by atoms with Crippen LogP contribution in [0.15, 0.2) is 37.2 Å². The SMILES string of the molecule is C=C(C)c1cc(NC(=O)c2ccc(C)c(Nc3ncnc4c(N)nc(N5CCN(C6CCCC6)CC5)nc34)c2)[nH]n1. The van der Waals surface area contributed by atoms with Crippen molar-refractivity contribution in [2.24, 2.45) is 0 Å². The third-order valence-electron chi connectivity index (χ3n) is 7.95. The summed E-state index contributed by atoms with van der Waals surface area (Å²) in [5, 5.41) is 13.2. The maximum atomic E-state index is 13.0. The molecule has 1 saturated carbocycles. The number of carbonyl (C=O) groups excluding carboxylic acids is 1. The zero-order valence-corrected chi connectivity index (χ0v) is 23.4. The van der Waals surface area contributed by atoms with E-state index in [1.165, 1.54) is 32.0 Å². The number of H-pyrrole nitrogens is 1. The molecule has 12 heteroatoms. The Morgan fingerprint density at radius 3 is 2.59 bits per heavy atom. The third kappa shape index (κ3) is 5.55. The second kappa shape index (κ2) is 11.1. The van der Waals surface area contributed by atoms with Crippen LogP contribution >= 0.6 is 0 Å². The Bertz CT molecular complexity index is 1600. The van der Waals surface area contributed by atoms with Crippen LogP contribution in [0, 0.1) is 6.92 Å². The number of nitrogens with two attached hydrogens (primary N) is 1. The summed E-state index contributed by atoms with van der Waals surface area (Å²) in [6, 6.07) is 7.89. The quantitative estimate of drug-likeness (QED) is 0.263. The number of hydrogen-bond acceptors (Lipinski definition) is 10. The van der Waals surface area contributed by atoms with Gasteiger partial charge in [-0.15, -0.1) is 0 Å². The van der Waals surface area contributed by atoms with Gasteiger partial charge in [-0.25, -0.2) is 15.0 Å². The normalized spacial score (nSPS) is 16.3. The molecule has 1 aliphatic carbocycles. The number of amides is 1. The summed E-state index contributed by atoms with van der Waals surface area (Å²) in [7, 11) is 0. The van der Waals surface area contributed by atoms with Crippen molar-refractivity contribution in [3.8, 4) is 0 Å². The van der Waals surface area contributed by atoms with E-state index in [1.807, 2.05) is 19.9 Å². The molecule has 212 valence electrons. The number of piperazine rings is 1. The summed E-state index contributed by atoms with van der Waals surface area (Å²) < 4.78 is 0. The zero-order chi connectivity index (χ0) is 28.5. The lowest BCUT2D eigenvalue weighted by atomic mass is 10.1. The molecule has 0 spiro atoms.